The lowest BCUT2D eigenvalue weighted by molar-refractivity contribution is 0.301. The zero-order chi connectivity index (χ0) is 28.8. The molecule has 8 heteroatoms. The smallest absolute Gasteiger partial charge is 0.282 e. The van der Waals surface area contributed by atoms with Gasteiger partial charge in [0.1, 0.15) is 12.4 Å². The third-order valence-corrected chi connectivity index (χ3v) is 6.42. The Balaban J connectivity index is 1.93. The molecule has 8 nitrogen and oxygen atoms in total. The standard InChI is InChI=1S/C32H35N3O5/c1-8-14-40-30-28(37-6)16-22(17-29(30)38-7)19-33-35-31(34-26-13-11-10-12-23(26)32(35)36)25-18-24(20(3)4)27(39-9-2)15-21(25)5/h8,10-13,15-20H,1,9,14H2,2-7H3. The van der Waals surface area contributed by atoms with Gasteiger partial charge in [-0.05, 0) is 67.3 Å². The second-order valence-corrected chi connectivity index (χ2v) is 9.46. The van der Waals surface area contributed by atoms with Gasteiger partial charge in [-0.15, -0.1) is 0 Å². The molecule has 0 saturated heterocycles. The maximum Gasteiger partial charge on any atom is 0.282 e. The summed E-state index contributed by atoms with van der Waals surface area (Å²) in [5, 5.41) is 5.11. The molecule has 0 atom stereocenters. The van der Waals surface area contributed by atoms with Crippen LogP contribution in [0.4, 0.5) is 0 Å². The summed E-state index contributed by atoms with van der Waals surface area (Å²) in [5.41, 5.74) is 3.73. The molecule has 4 rings (SSSR count). The van der Waals surface area contributed by atoms with Crippen molar-refractivity contribution in [3.8, 4) is 34.4 Å². The number of hydrogen-bond acceptors (Lipinski definition) is 7. The second kappa shape index (κ2) is 12.5. The number of benzene rings is 3. The van der Waals surface area contributed by atoms with Crippen molar-refractivity contribution < 1.29 is 18.9 Å². The third-order valence-electron chi connectivity index (χ3n) is 6.42. The van der Waals surface area contributed by atoms with Gasteiger partial charge in [-0.25, -0.2) is 4.98 Å². The summed E-state index contributed by atoms with van der Waals surface area (Å²) < 4.78 is 24.1. The minimum Gasteiger partial charge on any atom is -0.494 e. The Bertz CT molecular complexity index is 1600. The van der Waals surface area contributed by atoms with Gasteiger partial charge in [0.2, 0.25) is 5.75 Å². The number of ether oxygens (including phenoxy) is 4. The zero-order valence-corrected chi connectivity index (χ0v) is 23.9. The highest BCUT2D eigenvalue weighted by Gasteiger charge is 2.19. The summed E-state index contributed by atoms with van der Waals surface area (Å²) in [7, 11) is 3.10. The molecule has 0 aliphatic rings. The summed E-state index contributed by atoms with van der Waals surface area (Å²) in [6.07, 6.45) is 3.22. The van der Waals surface area contributed by atoms with Gasteiger partial charge in [-0.2, -0.15) is 9.78 Å². The summed E-state index contributed by atoms with van der Waals surface area (Å²) in [4.78, 5) is 18.7. The van der Waals surface area contributed by atoms with E-state index in [1.807, 2.05) is 44.2 Å². The number of hydrogen-bond donors (Lipinski definition) is 0. The predicted molar refractivity (Wildman–Crippen MR) is 160 cm³/mol. The molecule has 0 spiro atoms. The first-order valence-electron chi connectivity index (χ1n) is 13.2. The first kappa shape index (κ1) is 28.4. The quantitative estimate of drug-likeness (QED) is 0.162. The molecule has 4 aromatic rings. The van der Waals surface area contributed by atoms with Crippen LogP contribution in [0.15, 0.2) is 71.1 Å². The number of aromatic nitrogens is 2. The summed E-state index contributed by atoms with van der Waals surface area (Å²) in [6, 6.07) is 14.8. The van der Waals surface area contributed by atoms with E-state index in [0.717, 1.165) is 22.4 Å². The van der Waals surface area contributed by atoms with Gasteiger partial charge in [0.15, 0.2) is 17.3 Å². The van der Waals surface area contributed by atoms with Crippen LogP contribution in [0.25, 0.3) is 22.3 Å². The van der Waals surface area contributed by atoms with Crippen LogP contribution in [0, 0.1) is 6.92 Å². The van der Waals surface area contributed by atoms with Gasteiger partial charge in [0.05, 0.1) is 37.9 Å². The molecule has 0 unspecified atom stereocenters. The molecule has 0 aliphatic heterocycles. The number of aryl methyl sites for hydroxylation is 1. The number of nitrogens with zero attached hydrogens (tertiary/aromatic N) is 3. The van der Waals surface area contributed by atoms with E-state index in [1.165, 1.54) is 4.68 Å². The fourth-order valence-corrected chi connectivity index (χ4v) is 4.46. The summed E-state index contributed by atoms with van der Waals surface area (Å²) in [5.74, 6) is 2.86. The Kier molecular flexibility index (Phi) is 8.89. The Labute approximate surface area is 234 Å². The van der Waals surface area contributed by atoms with E-state index in [1.54, 1.807) is 44.7 Å². The van der Waals surface area contributed by atoms with E-state index in [-0.39, 0.29) is 11.5 Å². The summed E-state index contributed by atoms with van der Waals surface area (Å²) in [6.45, 7) is 12.7. The molecule has 208 valence electrons. The number of fused-ring (bicyclic) bond motifs is 1. The molecular formula is C32H35N3O5. The van der Waals surface area contributed by atoms with Crippen molar-refractivity contribution in [2.45, 2.75) is 33.6 Å². The molecule has 1 aromatic heterocycles. The van der Waals surface area contributed by atoms with Crippen LogP contribution in [0.1, 0.15) is 43.4 Å². The molecule has 0 aliphatic carbocycles. The molecular weight excluding hydrogens is 506 g/mol. The Hall–Kier alpha value is -4.59. The first-order chi connectivity index (χ1) is 19.3. The molecule has 0 bridgehead atoms. The van der Waals surface area contributed by atoms with Crippen molar-refractivity contribution in [2.75, 3.05) is 27.4 Å². The van der Waals surface area contributed by atoms with Crippen molar-refractivity contribution in [3.05, 3.63) is 88.2 Å². The largest absolute Gasteiger partial charge is 0.494 e. The van der Waals surface area contributed by atoms with Gasteiger partial charge < -0.3 is 18.9 Å². The molecule has 40 heavy (non-hydrogen) atoms. The van der Waals surface area contributed by atoms with E-state index in [0.29, 0.717) is 52.8 Å². The van der Waals surface area contributed by atoms with Crippen molar-refractivity contribution >= 4 is 17.1 Å². The minimum absolute atomic E-state index is 0.201. The fraction of sp³-hybridized carbons (Fsp3) is 0.281. The number of rotatable bonds is 11. The topological polar surface area (TPSA) is 84.2 Å². The molecule has 0 saturated carbocycles. The third kappa shape index (κ3) is 5.71. The van der Waals surface area contributed by atoms with E-state index in [2.05, 4.69) is 25.5 Å². The van der Waals surface area contributed by atoms with Crippen molar-refractivity contribution in [2.24, 2.45) is 5.10 Å². The lowest BCUT2D eigenvalue weighted by Gasteiger charge is -2.18. The van der Waals surface area contributed by atoms with Crippen LogP contribution in [0.3, 0.4) is 0 Å². The molecule has 0 radical (unpaired) electrons. The minimum atomic E-state index is -0.277. The average molecular weight is 542 g/mol. The summed E-state index contributed by atoms with van der Waals surface area (Å²) >= 11 is 0. The van der Waals surface area contributed by atoms with Crippen LogP contribution in [0.5, 0.6) is 23.0 Å². The highest BCUT2D eigenvalue weighted by Crippen LogP contribution is 2.38. The van der Waals surface area contributed by atoms with Gasteiger partial charge in [-0.1, -0.05) is 38.6 Å². The molecule has 0 N–H and O–H groups in total. The van der Waals surface area contributed by atoms with Crippen LogP contribution >= 0.6 is 0 Å². The SMILES string of the molecule is C=CCOc1c(OC)cc(C=Nn2c(-c3cc(C(C)C)c(OCC)cc3C)nc3ccccc3c2=O)cc1OC. The predicted octanol–water partition coefficient (Wildman–Crippen LogP) is 6.36. The maximum atomic E-state index is 13.8. The monoisotopic (exact) mass is 541 g/mol. The number of methoxy groups -OCH3 is 2. The lowest BCUT2D eigenvalue weighted by Crippen LogP contribution is -2.21. The molecule has 0 amide bonds. The van der Waals surface area contributed by atoms with Gasteiger partial charge in [0, 0.05) is 11.1 Å². The molecule has 0 fully saturated rings. The zero-order valence-electron chi connectivity index (χ0n) is 23.9. The highest BCUT2D eigenvalue weighted by molar-refractivity contribution is 5.84. The second-order valence-electron chi connectivity index (χ2n) is 9.46. The lowest BCUT2D eigenvalue weighted by atomic mass is 9.96. The maximum absolute atomic E-state index is 13.8. The van der Waals surface area contributed by atoms with E-state index in [9.17, 15) is 4.79 Å². The van der Waals surface area contributed by atoms with Crippen LogP contribution in [0.2, 0.25) is 0 Å². The van der Waals surface area contributed by atoms with Gasteiger partial charge in [0.25, 0.3) is 5.56 Å². The Morgan fingerprint density at radius 1 is 1.02 bits per heavy atom. The normalized spacial score (nSPS) is 11.3. The van der Waals surface area contributed by atoms with E-state index in [4.69, 9.17) is 23.9 Å². The Morgan fingerprint density at radius 2 is 1.73 bits per heavy atom. The Morgan fingerprint density at radius 3 is 2.35 bits per heavy atom. The van der Waals surface area contributed by atoms with Crippen molar-refractivity contribution in [3.63, 3.8) is 0 Å². The highest BCUT2D eigenvalue weighted by atomic mass is 16.5. The van der Waals surface area contributed by atoms with Crippen LogP contribution in [-0.4, -0.2) is 43.3 Å². The van der Waals surface area contributed by atoms with Crippen molar-refractivity contribution in [1.29, 1.82) is 0 Å². The van der Waals surface area contributed by atoms with Gasteiger partial charge >= 0.3 is 0 Å². The van der Waals surface area contributed by atoms with Crippen LogP contribution < -0.4 is 24.5 Å². The molecule has 3 aromatic carbocycles. The fourth-order valence-electron chi connectivity index (χ4n) is 4.46. The first-order valence-corrected chi connectivity index (χ1v) is 13.2. The van der Waals surface area contributed by atoms with Crippen LogP contribution in [-0.2, 0) is 0 Å². The van der Waals surface area contributed by atoms with Crippen molar-refractivity contribution in [1.82, 2.24) is 9.66 Å². The van der Waals surface area contributed by atoms with E-state index < -0.39 is 0 Å². The van der Waals surface area contributed by atoms with Gasteiger partial charge in [-0.3, -0.25) is 4.79 Å². The number of para-hydroxylation sites is 1. The van der Waals surface area contributed by atoms with E-state index >= 15 is 0 Å². The average Bonchev–Trinajstić information content (AvgIpc) is 2.95. The molecule has 1 heterocycles.